The Morgan fingerprint density at radius 3 is 2.62 bits per heavy atom. The van der Waals surface area contributed by atoms with Gasteiger partial charge in [0.1, 0.15) is 30.3 Å². The van der Waals surface area contributed by atoms with E-state index in [9.17, 15) is 4.39 Å². The number of benzene rings is 1. The molecule has 1 aromatic carbocycles. The molecule has 3 aromatic rings. The molecule has 0 radical (unpaired) electrons. The summed E-state index contributed by atoms with van der Waals surface area (Å²) in [5, 5.41) is 7.58. The van der Waals surface area contributed by atoms with Crippen LogP contribution in [0.1, 0.15) is 11.4 Å². The quantitative estimate of drug-likeness (QED) is 0.705. The molecule has 0 atom stereocenters. The summed E-state index contributed by atoms with van der Waals surface area (Å²) in [7, 11) is 0. The molecule has 7 heteroatoms. The predicted octanol–water partition coefficient (Wildman–Crippen LogP) is 2.91. The second-order valence-electron chi connectivity index (χ2n) is 5.33. The number of ether oxygens (including phenoxy) is 1. The summed E-state index contributed by atoms with van der Waals surface area (Å²) in [4.78, 5) is 8.44. The van der Waals surface area contributed by atoms with Gasteiger partial charge in [0.2, 0.25) is 0 Å². The number of aromatic nitrogens is 4. The lowest BCUT2D eigenvalue weighted by Gasteiger charge is -2.09. The van der Waals surface area contributed by atoms with Crippen molar-refractivity contribution in [3.63, 3.8) is 0 Å². The highest BCUT2D eigenvalue weighted by Crippen LogP contribution is 2.13. The van der Waals surface area contributed by atoms with E-state index in [0.29, 0.717) is 30.5 Å². The summed E-state index contributed by atoms with van der Waals surface area (Å²) < 4.78 is 20.1. The van der Waals surface area contributed by atoms with Gasteiger partial charge in [-0.05, 0) is 44.2 Å². The van der Waals surface area contributed by atoms with Crippen LogP contribution < -0.4 is 10.1 Å². The van der Waals surface area contributed by atoms with Crippen LogP contribution in [-0.2, 0) is 0 Å². The van der Waals surface area contributed by atoms with Crippen molar-refractivity contribution in [3.8, 4) is 11.6 Å². The van der Waals surface area contributed by atoms with Gasteiger partial charge in [-0.1, -0.05) is 0 Å². The van der Waals surface area contributed by atoms with E-state index in [-0.39, 0.29) is 5.82 Å². The minimum Gasteiger partial charge on any atom is -0.492 e. The Balaban J connectivity index is 1.57. The fraction of sp³-hybridized carbons (Fsp3) is 0.235. The van der Waals surface area contributed by atoms with Gasteiger partial charge >= 0.3 is 0 Å². The van der Waals surface area contributed by atoms with Crippen molar-refractivity contribution >= 4 is 5.82 Å². The summed E-state index contributed by atoms with van der Waals surface area (Å²) in [6.07, 6.45) is 1.49. The van der Waals surface area contributed by atoms with E-state index in [1.807, 2.05) is 26.0 Å². The Bertz CT molecular complexity index is 816. The average molecular weight is 327 g/mol. The van der Waals surface area contributed by atoms with Crippen molar-refractivity contribution in [1.82, 2.24) is 19.7 Å². The molecule has 2 aromatic heterocycles. The molecule has 3 rings (SSSR count). The summed E-state index contributed by atoms with van der Waals surface area (Å²) in [6.45, 7) is 4.91. The zero-order valence-electron chi connectivity index (χ0n) is 13.5. The number of anilines is 1. The largest absolute Gasteiger partial charge is 0.492 e. The number of rotatable bonds is 6. The Kier molecular flexibility index (Phi) is 4.69. The molecular formula is C17H18FN5O. The molecule has 124 valence electrons. The number of nitrogens with one attached hydrogen (secondary N) is 1. The topological polar surface area (TPSA) is 64.9 Å². The van der Waals surface area contributed by atoms with Crippen LogP contribution in [0.25, 0.3) is 5.82 Å². The molecule has 1 N–H and O–H groups in total. The molecule has 0 saturated carbocycles. The van der Waals surface area contributed by atoms with E-state index in [1.54, 1.807) is 16.8 Å². The minimum absolute atomic E-state index is 0.279. The second kappa shape index (κ2) is 7.08. The highest BCUT2D eigenvalue weighted by Gasteiger charge is 2.06. The first kappa shape index (κ1) is 15.9. The normalized spacial score (nSPS) is 10.6. The van der Waals surface area contributed by atoms with Gasteiger partial charge in [-0.2, -0.15) is 5.10 Å². The zero-order valence-corrected chi connectivity index (χ0v) is 13.5. The smallest absolute Gasteiger partial charge is 0.159 e. The van der Waals surface area contributed by atoms with Gasteiger partial charge in [-0.15, -0.1) is 0 Å². The lowest BCUT2D eigenvalue weighted by atomic mass is 10.3. The fourth-order valence-electron chi connectivity index (χ4n) is 2.30. The second-order valence-corrected chi connectivity index (χ2v) is 5.33. The van der Waals surface area contributed by atoms with Gasteiger partial charge in [-0.3, -0.25) is 0 Å². The molecule has 0 bridgehead atoms. The first-order valence-electron chi connectivity index (χ1n) is 7.60. The van der Waals surface area contributed by atoms with Crippen molar-refractivity contribution in [2.45, 2.75) is 13.8 Å². The van der Waals surface area contributed by atoms with Crippen molar-refractivity contribution in [2.24, 2.45) is 0 Å². The Morgan fingerprint density at radius 1 is 1.12 bits per heavy atom. The average Bonchev–Trinajstić information content (AvgIpc) is 2.92. The summed E-state index contributed by atoms with van der Waals surface area (Å²) >= 11 is 0. The maximum absolute atomic E-state index is 12.8. The molecule has 0 aliphatic heterocycles. The number of halogens is 1. The third-order valence-electron chi connectivity index (χ3n) is 3.37. The highest BCUT2D eigenvalue weighted by molar-refractivity contribution is 5.41. The zero-order chi connectivity index (χ0) is 16.9. The van der Waals surface area contributed by atoms with Gasteiger partial charge in [-0.25, -0.2) is 19.0 Å². The van der Waals surface area contributed by atoms with Crippen molar-refractivity contribution in [1.29, 1.82) is 0 Å². The third kappa shape index (κ3) is 3.87. The maximum Gasteiger partial charge on any atom is 0.159 e. The van der Waals surface area contributed by atoms with E-state index in [1.165, 1.54) is 18.5 Å². The Hall–Kier alpha value is -2.96. The summed E-state index contributed by atoms with van der Waals surface area (Å²) in [5.41, 5.74) is 1.95. The van der Waals surface area contributed by atoms with Crippen LogP contribution in [0.15, 0.2) is 42.7 Å². The van der Waals surface area contributed by atoms with Crippen LogP contribution in [0.4, 0.5) is 10.2 Å². The van der Waals surface area contributed by atoms with Crippen LogP contribution in [0.2, 0.25) is 0 Å². The monoisotopic (exact) mass is 327 g/mol. The fourth-order valence-corrected chi connectivity index (χ4v) is 2.30. The van der Waals surface area contributed by atoms with Crippen LogP contribution in [-0.4, -0.2) is 32.9 Å². The molecule has 24 heavy (non-hydrogen) atoms. The molecule has 0 unspecified atom stereocenters. The molecule has 2 heterocycles. The molecule has 0 aliphatic rings. The van der Waals surface area contributed by atoms with Gasteiger partial charge in [0.25, 0.3) is 0 Å². The first-order chi connectivity index (χ1) is 11.6. The van der Waals surface area contributed by atoms with E-state index in [4.69, 9.17) is 4.74 Å². The standard InChI is InChI=1S/C17H18FN5O/c1-12-9-13(2)23(22-12)17-10-16(20-11-21-17)19-7-8-24-15-5-3-14(18)4-6-15/h3-6,9-11H,7-8H2,1-2H3,(H,19,20,21). The first-order valence-corrected chi connectivity index (χ1v) is 7.60. The van der Waals surface area contributed by atoms with E-state index in [0.717, 1.165) is 11.4 Å². The van der Waals surface area contributed by atoms with Crippen LogP contribution >= 0.6 is 0 Å². The Morgan fingerprint density at radius 2 is 1.92 bits per heavy atom. The highest BCUT2D eigenvalue weighted by atomic mass is 19.1. The van der Waals surface area contributed by atoms with E-state index >= 15 is 0 Å². The van der Waals surface area contributed by atoms with Gasteiger partial charge in [0.05, 0.1) is 12.2 Å². The number of nitrogens with zero attached hydrogens (tertiary/aromatic N) is 4. The van der Waals surface area contributed by atoms with Crippen molar-refractivity contribution in [3.05, 3.63) is 59.9 Å². The van der Waals surface area contributed by atoms with E-state index < -0.39 is 0 Å². The predicted molar refractivity (Wildman–Crippen MR) is 89.0 cm³/mol. The molecule has 0 saturated heterocycles. The lowest BCUT2D eigenvalue weighted by Crippen LogP contribution is -2.13. The van der Waals surface area contributed by atoms with E-state index in [2.05, 4.69) is 20.4 Å². The molecule has 0 fully saturated rings. The van der Waals surface area contributed by atoms with Crippen molar-refractivity contribution in [2.75, 3.05) is 18.5 Å². The molecular weight excluding hydrogens is 309 g/mol. The molecule has 0 amide bonds. The summed E-state index contributed by atoms with van der Waals surface area (Å²) in [6, 6.07) is 9.76. The number of hydrogen-bond acceptors (Lipinski definition) is 5. The maximum atomic E-state index is 12.8. The number of hydrogen-bond donors (Lipinski definition) is 1. The number of aryl methyl sites for hydroxylation is 2. The van der Waals surface area contributed by atoms with Gasteiger partial charge in [0.15, 0.2) is 5.82 Å². The van der Waals surface area contributed by atoms with Crippen LogP contribution in [0.5, 0.6) is 5.75 Å². The third-order valence-corrected chi connectivity index (χ3v) is 3.37. The molecule has 0 aliphatic carbocycles. The molecule has 0 spiro atoms. The SMILES string of the molecule is Cc1cc(C)n(-c2cc(NCCOc3ccc(F)cc3)ncn2)n1. The lowest BCUT2D eigenvalue weighted by molar-refractivity contribution is 0.332. The van der Waals surface area contributed by atoms with Gasteiger partial charge in [0, 0.05) is 11.8 Å². The van der Waals surface area contributed by atoms with Gasteiger partial charge < -0.3 is 10.1 Å². The van der Waals surface area contributed by atoms with Crippen LogP contribution in [0.3, 0.4) is 0 Å². The minimum atomic E-state index is -0.279. The summed E-state index contributed by atoms with van der Waals surface area (Å²) in [5.74, 6) is 1.75. The van der Waals surface area contributed by atoms with Crippen LogP contribution in [0, 0.1) is 19.7 Å². The van der Waals surface area contributed by atoms with Crippen molar-refractivity contribution < 1.29 is 9.13 Å². The Labute approximate surface area is 139 Å². The molecule has 6 nitrogen and oxygen atoms in total.